The number of piperidine rings is 1. The Morgan fingerprint density at radius 3 is 2.30 bits per heavy atom. The molecule has 0 spiro atoms. The number of amides is 2. The van der Waals surface area contributed by atoms with E-state index in [2.05, 4.69) is 10.2 Å². The smallest absolute Gasteiger partial charge is 0.317 e. The molecule has 0 bridgehead atoms. The Morgan fingerprint density at radius 1 is 1.07 bits per heavy atom. The van der Waals surface area contributed by atoms with E-state index in [9.17, 15) is 4.79 Å². The van der Waals surface area contributed by atoms with E-state index in [0.717, 1.165) is 75.8 Å². The summed E-state index contributed by atoms with van der Waals surface area (Å²) in [5.41, 5.74) is 0.960. The van der Waals surface area contributed by atoms with Crippen LogP contribution in [0.25, 0.3) is 0 Å². The molecule has 2 heterocycles. The highest BCUT2D eigenvalue weighted by atomic mass is 16.5. The minimum Gasteiger partial charge on any atom is -0.497 e. The summed E-state index contributed by atoms with van der Waals surface area (Å²) in [4.78, 5) is 16.9. The minimum atomic E-state index is 0.00149. The van der Waals surface area contributed by atoms with E-state index in [1.54, 1.807) is 14.2 Å². The molecule has 2 amide bonds. The number of carbonyl (C=O) groups is 1. The van der Waals surface area contributed by atoms with Gasteiger partial charge in [0, 0.05) is 45.3 Å². The zero-order valence-corrected chi connectivity index (χ0v) is 16.4. The number of benzene rings is 1. The molecular formula is C20H31N3O4. The summed E-state index contributed by atoms with van der Waals surface area (Å²) in [5, 5.41) is 3.02. The predicted octanol–water partition coefficient (Wildman–Crippen LogP) is 1.96. The molecule has 0 aromatic heterocycles. The fourth-order valence-electron chi connectivity index (χ4n) is 3.73. The lowest BCUT2D eigenvalue weighted by atomic mass is 9.96. The van der Waals surface area contributed by atoms with Crippen molar-refractivity contribution in [1.29, 1.82) is 0 Å². The van der Waals surface area contributed by atoms with Crippen LogP contribution in [-0.2, 0) is 11.3 Å². The van der Waals surface area contributed by atoms with Crippen molar-refractivity contribution in [3.8, 4) is 11.5 Å². The molecule has 0 unspecified atom stereocenters. The number of urea groups is 1. The van der Waals surface area contributed by atoms with E-state index in [-0.39, 0.29) is 6.03 Å². The van der Waals surface area contributed by atoms with Gasteiger partial charge < -0.3 is 24.4 Å². The van der Waals surface area contributed by atoms with Crippen LogP contribution in [0.4, 0.5) is 4.79 Å². The van der Waals surface area contributed by atoms with E-state index in [1.165, 1.54) is 0 Å². The molecule has 7 heteroatoms. The maximum absolute atomic E-state index is 12.5. The van der Waals surface area contributed by atoms with Gasteiger partial charge >= 0.3 is 6.03 Å². The Morgan fingerprint density at radius 2 is 1.70 bits per heavy atom. The van der Waals surface area contributed by atoms with Crippen LogP contribution in [0.15, 0.2) is 18.2 Å². The number of likely N-dealkylation sites (tertiary alicyclic amines) is 1. The van der Waals surface area contributed by atoms with Gasteiger partial charge in [-0.2, -0.15) is 0 Å². The second kappa shape index (κ2) is 9.80. The number of ether oxygens (including phenoxy) is 3. The van der Waals surface area contributed by atoms with E-state index >= 15 is 0 Å². The van der Waals surface area contributed by atoms with Gasteiger partial charge in [0.15, 0.2) is 0 Å². The average molecular weight is 377 g/mol. The maximum Gasteiger partial charge on any atom is 0.317 e. The van der Waals surface area contributed by atoms with Gasteiger partial charge in [-0.3, -0.25) is 4.90 Å². The highest BCUT2D eigenvalue weighted by Crippen LogP contribution is 2.23. The molecule has 0 saturated carbocycles. The highest BCUT2D eigenvalue weighted by molar-refractivity contribution is 5.74. The fourth-order valence-corrected chi connectivity index (χ4v) is 3.73. The molecule has 0 aliphatic carbocycles. The van der Waals surface area contributed by atoms with Gasteiger partial charge in [0.05, 0.1) is 27.4 Å². The Balaban J connectivity index is 1.43. The molecule has 2 saturated heterocycles. The van der Waals surface area contributed by atoms with Crippen molar-refractivity contribution in [2.24, 2.45) is 5.92 Å². The first kappa shape index (κ1) is 19.8. The number of carbonyl (C=O) groups excluding carboxylic acids is 1. The quantitative estimate of drug-likeness (QED) is 0.821. The van der Waals surface area contributed by atoms with Crippen LogP contribution in [0.2, 0.25) is 0 Å². The summed E-state index contributed by atoms with van der Waals surface area (Å²) in [7, 11) is 3.25. The Labute approximate surface area is 161 Å². The summed E-state index contributed by atoms with van der Waals surface area (Å²) in [6.07, 6.45) is 2.13. The van der Waals surface area contributed by atoms with Crippen molar-refractivity contribution in [3.05, 3.63) is 23.8 Å². The van der Waals surface area contributed by atoms with Crippen LogP contribution in [-0.4, -0.2) is 76.0 Å². The monoisotopic (exact) mass is 377 g/mol. The highest BCUT2D eigenvalue weighted by Gasteiger charge is 2.24. The lowest BCUT2D eigenvalue weighted by Crippen LogP contribution is -2.47. The molecule has 1 N–H and O–H groups in total. The summed E-state index contributed by atoms with van der Waals surface area (Å²) < 4.78 is 16.0. The molecule has 2 fully saturated rings. The molecule has 3 rings (SSSR count). The number of nitrogens with zero attached hydrogens (tertiary/aromatic N) is 2. The van der Waals surface area contributed by atoms with Crippen LogP contribution in [0.1, 0.15) is 18.4 Å². The third-order valence-corrected chi connectivity index (χ3v) is 5.38. The van der Waals surface area contributed by atoms with Crippen molar-refractivity contribution in [2.75, 3.05) is 60.2 Å². The van der Waals surface area contributed by atoms with Gasteiger partial charge in [-0.05, 0) is 36.5 Å². The van der Waals surface area contributed by atoms with Gasteiger partial charge in [-0.1, -0.05) is 0 Å². The number of morpholine rings is 1. The number of nitrogens with one attached hydrogen (secondary N) is 1. The molecule has 7 nitrogen and oxygen atoms in total. The maximum atomic E-state index is 12.5. The van der Waals surface area contributed by atoms with E-state index < -0.39 is 0 Å². The first-order chi connectivity index (χ1) is 13.2. The van der Waals surface area contributed by atoms with Crippen molar-refractivity contribution in [1.82, 2.24) is 15.1 Å². The zero-order valence-electron chi connectivity index (χ0n) is 16.4. The second-order valence-electron chi connectivity index (χ2n) is 7.22. The topological polar surface area (TPSA) is 63.3 Å². The summed E-state index contributed by atoms with van der Waals surface area (Å²) in [6, 6.07) is 5.65. The minimum absolute atomic E-state index is 0.00149. The molecular weight excluding hydrogens is 346 g/mol. The number of methoxy groups -OCH3 is 2. The molecule has 27 heavy (non-hydrogen) atoms. The summed E-state index contributed by atoms with van der Waals surface area (Å²) >= 11 is 0. The Bertz CT molecular complexity index is 589. The molecule has 0 radical (unpaired) electrons. The van der Waals surface area contributed by atoms with Gasteiger partial charge in [0.25, 0.3) is 0 Å². The lowest BCUT2D eigenvalue weighted by molar-refractivity contribution is 0.0258. The Hall–Kier alpha value is -1.99. The molecule has 1 aromatic carbocycles. The number of hydrogen-bond donors (Lipinski definition) is 1. The van der Waals surface area contributed by atoms with Crippen LogP contribution in [0, 0.1) is 5.92 Å². The van der Waals surface area contributed by atoms with Gasteiger partial charge in [0.1, 0.15) is 11.5 Å². The third kappa shape index (κ3) is 5.74. The fraction of sp³-hybridized carbons (Fsp3) is 0.650. The third-order valence-electron chi connectivity index (χ3n) is 5.38. The lowest BCUT2D eigenvalue weighted by Gasteiger charge is -2.36. The molecule has 2 aliphatic rings. The van der Waals surface area contributed by atoms with Crippen LogP contribution < -0.4 is 14.8 Å². The van der Waals surface area contributed by atoms with E-state index in [1.807, 2.05) is 23.1 Å². The van der Waals surface area contributed by atoms with Gasteiger partial charge in [0.2, 0.25) is 0 Å². The average Bonchev–Trinajstić information content (AvgIpc) is 2.73. The number of hydrogen-bond acceptors (Lipinski definition) is 5. The zero-order chi connectivity index (χ0) is 19.1. The Kier molecular flexibility index (Phi) is 7.18. The van der Waals surface area contributed by atoms with E-state index in [4.69, 9.17) is 14.2 Å². The summed E-state index contributed by atoms with van der Waals surface area (Å²) in [5.74, 6) is 2.12. The van der Waals surface area contributed by atoms with Crippen LogP contribution in [0.3, 0.4) is 0 Å². The van der Waals surface area contributed by atoms with E-state index in [0.29, 0.717) is 12.5 Å². The largest absolute Gasteiger partial charge is 0.497 e. The predicted molar refractivity (Wildman–Crippen MR) is 103 cm³/mol. The standard InChI is InChI=1S/C20H31N3O4/c1-25-18-11-17(12-19(13-18)26-2)14-21-20(24)23-5-3-16(4-6-23)15-22-7-9-27-10-8-22/h11-13,16H,3-10,14-15H2,1-2H3,(H,21,24). The molecule has 0 atom stereocenters. The van der Waals surface area contributed by atoms with Gasteiger partial charge in [-0.25, -0.2) is 4.79 Å². The van der Waals surface area contributed by atoms with Crippen molar-refractivity contribution in [3.63, 3.8) is 0 Å². The molecule has 150 valence electrons. The van der Waals surface area contributed by atoms with Gasteiger partial charge in [-0.15, -0.1) is 0 Å². The van der Waals surface area contributed by atoms with Crippen LogP contribution >= 0.6 is 0 Å². The first-order valence-corrected chi connectivity index (χ1v) is 9.72. The van der Waals surface area contributed by atoms with Crippen LogP contribution in [0.5, 0.6) is 11.5 Å². The molecule has 2 aliphatic heterocycles. The SMILES string of the molecule is COc1cc(CNC(=O)N2CCC(CN3CCOCC3)CC2)cc(OC)c1. The second-order valence-corrected chi connectivity index (χ2v) is 7.22. The first-order valence-electron chi connectivity index (χ1n) is 9.72. The van der Waals surface area contributed by atoms with Crippen molar-refractivity contribution >= 4 is 6.03 Å². The number of rotatable bonds is 6. The van der Waals surface area contributed by atoms with Crippen molar-refractivity contribution in [2.45, 2.75) is 19.4 Å². The summed E-state index contributed by atoms with van der Waals surface area (Å²) in [6.45, 7) is 6.98. The normalized spacial score (nSPS) is 19.0. The molecule has 1 aromatic rings. The van der Waals surface area contributed by atoms with Crippen molar-refractivity contribution < 1.29 is 19.0 Å².